The van der Waals surface area contributed by atoms with Crippen LogP contribution < -0.4 is 19.6 Å². The van der Waals surface area contributed by atoms with Crippen LogP contribution >= 0.6 is 11.6 Å². The van der Waals surface area contributed by atoms with Crippen molar-refractivity contribution in [2.24, 2.45) is 5.10 Å². The number of benzene rings is 2. The van der Waals surface area contributed by atoms with Gasteiger partial charge in [0, 0.05) is 16.1 Å². The van der Waals surface area contributed by atoms with Crippen LogP contribution in [0.15, 0.2) is 54.2 Å². The van der Waals surface area contributed by atoms with Gasteiger partial charge in [-0.15, -0.1) is 0 Å². The van der Waals surface area contributed by atoms with E-state index in [9.17, 15) is 4.79 Å². The minimum atomic E-state index is -0.386. The van der Waals surface area contributed by atoms with Crippen molar-refractivity contribution < 1.29 is 19.0 Å². The monoisotopic (exact) mass is 402 g/mol. The number of nitrogens with one attached hydrogen (secondary N) is 1. The van der Waals surface area contributed by atoms with E-state index < -0.39 is 0 Å². The van der Waals surface area contributed by atoms with Crippen LogP contribution in [0, 0.1) is 0 Å². The molecule has 0 aromatic heterocycles. The summed E-state index contributed by atoms with van der Waals surface area (Å²) < 4.78 is 16.4. The van der Waals surface area contributed by atoms with Gasteiger partial charge in [0.2, 0.25) is 0 Å². The molecule has 7 heteroatoms. The molecule has 2 rings (SSSR count). The summed E-state index contributed by atoms with van der Waals surface area (Å²) in [6, 6.07) is 10.1. The molecular formula is C21H23ClN2O4. The first kappa shape index (κ1) is 21.3. The van der Waals surface area contributed by atoms with Crippen molar-refractivity contribution in [3.8, 4) is 17.2 Å². The average molecular weight is 403 g/mol. The first-order chi connectivity index (χ1) is 13.6. The minimum Gasteiger partial charge on any atom is -0.493 e. The molecule has 0 saturated heterocycles. The number of rotatable bonds is 10. The first-order valence-corrected chi connectivity index (χ1v) is 9.14. The van der Waals surface area contributed by atoms with E-state index in [1.54, 1.807) is 42.5 Å². The lowest BCUT2D eigenvalue weighted by Crippen LogP contribution is -2.17. The fourth-order valence-corrected chi connectivity index (χ4v) is 2.45. The third kappa shape index (κ3) is 6.03. The van der Waals surface area contributed by atoms with E-state index in [-0.39, 0.29) is 5.91 Å². The summed E-state index contributed by atoms with van der Waals surface area (Å²) in [7, 11) is 1.51. The summed E-state index contributed by atoms with van der Waals surface area (Å²) in [6.07, 6.45) is 4.00. The molecule has 2 aromatic rings. The van der Waals surface area contributed by atoms with Crippen molar-refractivity contribution in [1.29, 1.82) is 0 Å². The predicted octanol–water partition coefficient (Wildman–Crippen LogP) is 4.47. The lowest BCUT2D eigenvalue weighted by molar-refractivity contribution is 0.0954. The van der Waals surface area contributed by atoms with E-state index in [4.69, 9.17) is 25.8 Å². The zero-order chi connectivity index (χ0) is 20.4. The largest absolute Gasteiger partial charge is 0.493 e. The highest BCUT2D eigenvalue weighted by Crippen LogP contribution is 2.28. The maximum absolute atomic E-state index is 12.4. The number of carbonyl (C=O) groups is 1. The van der Waals surface area contributed by atoms with Gasteiger partial charge in [-0.05, 0) is 42.8 Å². The second-order valence-corrected chi connectivity index (χ2v) is 6.13. The maximum Gasteiger partial charge on any atom is 0.271 e. The molecule has 0 radical (unpaired) electrons. The van der Waals surface area contributed by atoms with Gasteiger partial charge < -0.3 is 14.2 Å². The lowest BCUT2D eigenvalue weighted by atomic mass is 10.2. The summed E-state index contributed by atoms with van der Waals surface area (Å²) in [5, 5.41) is 4.56. The van der Waals surface area contributed by atoms with Crippen molar-refractivity contribution in [2.45, 2.75) is 13.3 Å². The Labute approximate surface area is 169 Å². The number of ether oxygens (including phenoxy) is 3. The van der Waals surface area contributed by atoms with Crippen LogP contribution in [0.5, 0.6) is 17.2 Å². The molecule has 0 aliphatic carbocycles. The molecule has 0 atom stereocenters. The van der Waals surface area contributed by atoms with Crippen LogP contribution in [-0.4, -0.2) is 32.4 Å². The summed E-state index contributed by atoms with van der Waals surface area (Å²) in [6.45, 7) is 6.54. The molecule has 2 aromatic carbocycles. The van der Waals surface area contributed by atoms with Crippen molar-refractivity contribution in [3.05, 3.63) is 65.2 Å². The predicted molar refractivity (Wildman–Crippen MR) is 111 cm³/mol. The topological polar surface area (TPSA) is 69.2 Å². The Bertz CT molecular complexity index is 852. The Morgan fingerprint density at radius 2 is 1.96 bits per heavy atom. The van der Waals surface area contributed by atoms with Gasteiger partial charge in [-0.1, -0.05) is 31.2 Å². The maximum atomic E-state index is 12.4. The van der Waals surface area contributed by atoms with Crippen LogP contribution in [0.2, 0.25) is 5.02 Å². The Hall–Kier alpha value is -2.99. The molecule has 0 fully saturated rings. The summed E-state index contributed by atoms with van der Waals surface area (Å²) in [5.74, 6) is 1.24. The van der Waals surface area contributed by atoms with Crippen molar-refractivity contribution in [1.82, 2.24) is 5.43 Å². The van der Waals surface area contributed by atoms with Crippen LogP contribution in [0.3, 0.4) is 0 Å². The number of hydrazone groups is 1. The molecule has 0 aliphatic rings. The fourth-order valence-electron chi connectivity index (χ4n) is 2.27. The number of halogens is 1. The second-order valence-electron chi connectivity index (χ2n) is 5.70. The number of nitrogens with zero attached hydrogens (tertiary/aromatic N) is 1. The molecule has 0 saturated carbocycles. The Morgan fingerprint density at radius 3 is 2.68 bits per heavy atom. The summed E-state index contributed by atoms with van der Waals surface area (Å²) in [4.78, 5) is 12.4. The quantitative estimate of drug-likeness (QED) is 0.361. The number of carbonyl (C=O) groups excluding carboxylic acids is 1. The van der Waals surface area contributed by atoms with Gasteiger partial charge in [0.1, 0.15) is 12.4 Å². The molecule has 0 unspecified atom stereocenters. The van der Waals surface area contributed by atoms with Gasteiger partial charge in [0.25, 0.3) is 5.91 Å². The highest BCUT2D eigenvalue weighted by molar-refractivity contribution is 6.30. The number of hydrogen-bond donors (Lipinski definition) is 1. The Morgan fingerprint density at radius 1 is 1.18 bits per heavy atom. The van der Waals surface area contributed by atoms with Crippen molar-refractivity contribution in [3.63, 3.8) is 0 Å². The number of amides is 1. The zero-order valence-corrected chi connectivity index (χ0v) is 16.7. The number of hydrogen-bond acceptors (Lipinski definition) is 5. The van der Waals surface area contributed by atoms with Gasteiger partial charge >= 0.3 is 0 Å². The summed E-state index contributed by atoms with van der Waals surface area (Å²) >= 11 is 6.04. The molecule has 148 valence electrons. The van der Waals surface area contributed by atoms with E-state index in [0.29, 0.717) is 46.6 Å². The molecule has 6 nitrogen and oxygen atoms in total. The van der Waals surface area contributed by atoms with Crippen LogP contribution in [0.25, 0.3) is 0 Å². The van der Waals surface area contributed by atoms with E-state index in [1.165, 1.54) is 13.3 Å². The van der Waals surface area contributed by atoms with Gasteiger partial charge in [-0.3, -0.25) is 4.79 Å². The van der Waals surface area contributed by atoms with Crippen molar-refractivity contribution in [2.75, 3.05) is 20.3 Å². The summed E-state index contributed by atoms with van der Waals surface area (Å²) in [5.41, 5.74) is 3.54. The van der Waals surface area contributed by atoms with E-state index in [1.807, 2.05) is 6.92 Å². The Kier molecular flexibility index (Phi) is 8.37. The molecule has 28 heavy (non-hydrogen) atoms. The third-order valence-corrected chi connectivity index (χ3v) is 3.82. The Balaban J connectivity index is 2.09. The average Bonchev–Trinajstić information content (AvgIpc) is 2.71. The third-order valence-electron chi connectivity index (χ3n) is 3.59. The smallest absolute Gasteiger partial charge is 0.271 e. The normalized spacial score (nSPS) is 10.5. The fraction of sp³-hybridized carbons (Fsp3) is 0.238. The molecule has 1 amide bonds. The standard InChI is InChI=1S/C21H23ClN2O4/c1-4-10-27-18-9-7-17(22)12-16(18)14-23-24-21(25)15-6-8-19(28-11-5-2)20(13-15)26-3/h5-9,12-14H,2,4,10-11H2,1,3H3,(H,24,25)/b23-14+. The zero-order valence-electron chi connectivity index (χ0n) is 15.9. The van der Waals surface area contributed by atoms with Gasteiger partial charge in [-0.25, -0.2) is 5.43 Å². The van der Waals surface area contributed by atoms with Crippen LogP contribution in [-0.2, 0) is 0 Å². The van der Waals surface area contributed by atoms with Crippen LogP contribution in [0.4, 0.5) is 0 Å². The molecule has 0 spiro atoms. The van der Waals surface area contributed by atoms with Crippen molar-refractivity contribution >= 4 is 23.7 Å². The van der Waals surface area contributed by atoms with Gasteiger partial charge in [0.15, 0.2) is 11.5 Å². The number of methoxy groups -OCH3 is 1. The highest BCUT2D eigenvalue weighted by Gasteiger charge is 2.11. The molecule has 0 heterocycles. The SMILES string of the molecule is C=CCOc1ccc(C(=O)N/N=C/c2cc(Cl)ccc2OCCC)cc1OC. The first-order valence-electron chi connectivity index (χ1n) is 8.76. The van der Waals surface area contributed by atoms with Gasteiger partial charge in [-0.2, -0.15) is 5.10 Å². The van der Waals surface area contributed by atoms with Gasteiger partial charge in [0.05, 0.1) is 19.9 Å². The molecule has 0 aliphatic heterocycles. The molecular weight excluding hydrogens is 380 g/mol. The van der Waals surface area contributed by atoms with E-state index in [0.717, 1.165) is 6.42 Å². The van der Waals surface area contributed by atoms with E-state index >= 15 is 0 Å². The lowest BCUT2D eigenvalue weighted by Gasteiger charge is -2.10. The highest BCUT2D eigenvalue weighted by atomic mass is 35.5. The second kappa shape index (κ2) is 11.0. The van der Waals surface area contributed by atoms with Crippen LogP contribution in [0.1, 0.15) is 29.3 Å². The molecule has 0 bridgehead atoms. The molecule has 1 N–H and O–H groups in total. The minimum absolute atomic E-state index is 0.342. The van der Waals surface area contributed by atoms with E-state index in [2.05, 4.69) is 17.1 Å².